The van der Waals surface area contributed by atoms with Crippen molar-refractivity contribution in [1.82, 2.24) is 9.80 Å². The predicted molar refractivity (Wildman–Crippen MR) is 98.9 cm³/mol. The second-order valence-electron chi connectivity index (χ2n) is 7.18. The molecule has 2 saturated heterocycles. The normalized spacial score (nSPS) is 26.3. The monoisotopic (exact) mass is 355 g/mol. The lowest BCUT2D eigenvalue weighted by molar-refractivity contribution is -0.142. The second kappa shape index (κ2) is 7.11. The van der Waals surface area contributed by atoms with Crippen molar-refractivity contribution < 1.29 is 14.3 Å². The number of carbonyl (C=O) groups is 2. The van der Waals surface area contributed by atoms with Crippen LogP contribution in [0.15, 0.2) is 36.4 Å². The molecule has 0 unspecified atom stereocenters. The van der Waals surface area contributed by atoms with Crippen LogP contribution in [0.1, 0.15) is 12.8 Å². The number of allylic oxidation sites excluding steroid dienone is 2. The third-order valence-electron chi connectivity index (χ3n) is 5.74. The first-order chi connectivity index (χ1) is 12.7. The van der Waals surface area contributed by atoms with Crippen molar-refractivity contribution in [3.8, 4) is 5.75 Å². The highest BCUT2D eigenvalue weighted by Crippen LogP contribution is 2.35. The Kier molecular flexibility index (Phi) is 4.68. The van der Waals surface area contributed by atoms with Gasteiger partial charge in [0.1, 0.15) is 5.75 Å². The topological polar surface area (TPSA) is 53.1 Å². The van der Waals surface area contributed by atoms with Gasteiger partial charge in [-0.15, -0.1) is 0 Å². The summed E-state index contributed by atoms with van der Waals surface area (Å²) in [4.78, 5) is 31.2. The molecule has 2 fully saturated rings. The fraction of sp³-hybridized carbons (Fsp3) is 0.500. The molecule has 1 aromatic rings. The molecule has 0 spiro atoms. The van der Waals surface area contributed by atoms with E-state index < -0.39 is 0 Å². The minimum absolute atomic E-state index is 0.0107. The summed E-state index contributed by atoms with van der Waals surface area (Å²) in [5.74, 6) is 0.625. The maximum Gasteiger partial charge on any atom is 0.234 e. The van der Waals surface area contributed by atoms with E-state index in [0.717, 1.165) is 37.6 Å². The molecule has 2 aliphatic heterocycles. The van der Waals surface area contributed by atoms with E-state index in [-0.39, 0.29) is 23.7 Å². The van der Waals surface area contributed by atoms with Gasteiger partial charge < -0.3 is 9.64 Å². The van der Waals surface area contributed by atoms with E-state index in [1.54, 1.807) is 7.11 Å². The van der Waals surface area contributed by atoms with E-state index in [0.29, 0.717) is 19.5 Å². The number of carbonyl (C=O) groups excluding carboxylic acids is 2. The zero-order valence-corrected chi connectivity index (χ0v) is 15.1. The van der Waals surface area contributed by atoms with E-state index in [1.165, 1.54) is 4.90 Å². The lowest BCUT2D eigenvalue weighted by atomic mass is 9.85. The molecule has 2 amide bonds. The van der Waals surface area contributed by atoms with E-state index in [2.05, 4.69) is 15.9 Å². The predicted octanol–water partition coefficient (Wildman–Crippen LogP) is 1.73. The molecule has 1 aliphatic carbocycles. The third-order valence-corrected chi connectivity index (χ3v) is 5.74. The minimum atomic E-state index is -0.137. The number of piperazine rings is 1. The van der Waals surface area contributed by atoms with Crippen LogP contribution in [0.5, 0.6) is 5.75 Å². The highest BCUT2D eigenvalue weighted by Gasteiger charge is 2.47. The smallest absolute Gasteiger partial charge is 0.234 e. The van der Waals surface area contributed by atoms with Gasteiger partial charge in [0.2, 0.25) is 11.8 Å². The van der Waals surface area contributed by atoms with E-state index in [9.17, 15) is 9.59 Å². The van der Waals surface area contributed by atoms with E-state index in [1.807, 2.05) is 30.4 Å². The van der Waals surface area contributed by atoms with Crippen LogP contribution < -0.4 is 9.64 Å². The molecule has 4 rings (SSSR count). The van der Waals surface area contributed by atoms with Gasteiger partial charge in [0.05, 0.1) is 31.3 Å². The molecule has 138 valence electrons. The summed E-state index contributed by atoms with van der Waals surface area (Å²) in [5.41, 5.74) is 1.10. The van der Waals surface area contributed by atoms with Crippen LogP contribution in [-0.4, -0.2) is 61.6 Å². The van der Waals surface area contributed by atoms with E-state index in [4.69, 9.17) is 4.74 Å². The molecule has 0 radical (unpaired) electrons. The van der Waals surface area contributed by atoms with Crippen LogP contribution in [0, 0.1) is 11.8 Å². The molecular formula is C20H25N3O3. The standard InChI is InChI=1S/C20H25N3O3/c1-26-18-9-5-4-8-17(18)22-12-10-21(11-13-22)14-23-19(24)15-6-2-3-7-16(15)20(23)25/h2-5,8-9,15-16H,6-7,10-14H2,1H3/t15-,16-/m0/s1. The van der Waals surface area contributed by atoms with Crippen molar-refractivity contribution in [2.45, 2.75) is 12.8 Å². The Labute approximate surface area is 154 Å². The summed E-state index contributed by atoms with van der Waals surface area (Å²) in [5, 5.41) is 0. The van der Waals surface area contributed by atoms with Gasteiger partial charge in [-0.25, -0.2) is 0 Å². The second-order valence-corrected chi connectivity index (χ2v) is 7.18. The van der Waals surface area contributed by atoms with Crippen LogP contribution in [0.3, 0.4) is 0 Å². The summed E-state index contributed by atoms with van der Waals surface area (Å²) in [7, 11) is 1.69. The largest absolute Gasteiger partial charge is 0.495 e. The molecule has 2 heterocycles. The zero-order valence-electron chi connectivity index (χ0n) is 15.1. The highest BCUT2D eigenvalue weighted by molar-refractivity contribution is 6.05. The molecule has 0 bridgehead atoms. The van der Waals surface area contributed by atoms with Crippen LogP contribution >= 0.6 is 0 Å². The molecule has 6 nitrogen and oxygen atoms in total. The number of amides is 2. The highest BCUT2D eigenvalue weighted by atomic mass is 16.5. The van der Waals surface area contributed by atoms with Crippen LogP contribution in [0.2, 0.25) is 0 Å². The van der Waals surface area contributed by atoms with Gasteiger partial charge in [0.15, 0.2) is 0 Å². The number of anilines is 1. The van der Waals surface area contributed by atoms with Crippen molar-refractivity contribution >= 4 is 17.5 Å². The lowest BCUT2D eigenvalue weighted by Gasteiger charge is -2.37. The number of methoxy groups -OCH3 is 1. The average molecular weight is 355 g/mol. The third kappa shape index (κ3) is 2.98. The Morgan fingerprint density at radius 2 is 1.58 bits per heavy atom. The fourth-order valence-corrected chi connectivity index (χ4v) is 4.23. The van der Waals surface area contributed by atoms with Gasteiger partial charge in [0.25, 0.3) is 0 Å². The molecule has 2 atom stereocenters. The number of ether oxygens (including phenoxy) is 1. The van der Waals surface area contributed by atoms with Crippen LogP contribution in [0.4, 0.5) is 5.69 Å². The number of fused-ring (bicyclic) bond motifs is 1. The fourth-order valence-electron chi connectivity index (χ4n) is 4.23. The summed E-state index contributed by atoms with van der Waals surface area (Å²) >= 11 is 0. The van der Waals surface area contributed by atoms with Crippen LogP contribution in [0.25, 0.3) is 0 Å². The first kappa shape index (κ1) is 17.1. The molecule has 0 aromatic heterocycles. The maximum atomic E-state index is 12.6. The molecule has 0 N–H and O–H groups in total. The van der Waals surface area contributed by atoms with Crippen LogP contribution in [-0.2, 0) is 9.59 Å². The number of likely N-dealkylation sites (tertiary alicyclic amines) is 1. The SMILES string of the molecule is COc1ccccc1N1CCN(CN2C(=O)[C@H]3CC=CC[C@@H]3C2=O)CC1. The van der Waals surface area contributed by atoms with Gasteiger partial charge in [0, 0.05) is 26.2 Å². The Morgan fingerprint density at radius 1 is 0.962 bits per heavy atom. The van der Waals surface area contributed by atoms with Gasteiger partial charge in [-0.05, 0) is 25.0 Å². The molecule has 0 saturated carbocycles. The summed E-state index contributed by atoms with van der Waals surface area (Å²) < 4.78 is 5.46. The van der Waals surface area contributed by atoms with Gasteiger partial charge >= 0.3 is 0 Å². The zero-order chi connectivity index (χ0) is 18.1. The van der Waals surface area contributed by atoms with Crippen molar-refractivity contribution in [3.63, 3.8) is 0 Å². The quantitative estimate of drug-likeness (QED) is 0.608. The Bertz CT molecular complexity index is 699. The van der Waals surface area contributed by atoms with Gasteiger partial charge in [-0.2, -0.15) is 0 Å². The average Bonchev–Trinajstić information content (AvgIpc) is 2.94. The Hall–Kier alpha value is -2.34. The number of rotatable bonds is 4. The number of nitrogens with zero attached hydrogens (tertiary/aromatic N) is 3. The number of para-hydroxylation sites is 2. The molecule has 6 heteroatoms. The summed E-state index contributed by atoms with van der Waals surface area (Å²) in [6.45, 7) is 3.77. The Balaban J connectivity index is 1.37. The molecule has 26 heavy (non-hydrogen) atoms. The van der Waals surface area contributed by atoms with Crippen molar-refractivity contribution in [2.75, 3.05) is 44.9 Å². The van der Waals surface area contributed by atoms with Gasteiger partial charge in [-0.3, -0.25) is 19.4 Å². The van der Waals surface area contributed by atoms with Crippen molar-refractivity contribution in [2.24, 2.45) is 11.8 Å². The summed E-state index contributed by atoms with van der Waals surface area (Å²) in [6.07, 6.45) is 5.46. The molecule has 1 aromatic carbocycles. The van der Waals surface area contributed by atoms with Crippen molar-refractivity contribution in [1.29, 1.82) is 0 Å². The number of hydrogen-bond acceptors (Lipinski definition) is 5. The first-order valence-electron chi connectivity index (χ1n) is 9.29. The molecule has 3 aliphatic rings. The Morgan fingerprint density at radius 3 is 2.19 bits per heavy atom. The number of benzene rings is 1. The minimum Gasteiger partial charge on any atom is -0.495 e. The number of hydrogen-bond donors (Lipinski definition) is 0. The van der Waals surface area contributed by atoms with Crippen molar-refractivity contribution in [3.05, 3.63) is 36.4 Å². The van der Waals surface area contributed by atoms with Gasteiger partial charge in [-0.1, -0.05) is 24.3 Å². The lowest BCUT2D eigenvalue weighted by Crippen LogP contribution is -2.51. The maximum absolute atomic E-state index is 12.6. The number of imide groups is 1. The summed E-state index contributed by atoms with van der Waals surface area (Å²) in [6, 6.07) is 8.03. The van der Waals surface area contributed by atoms with E-state index >= 15 is 0 Å². The first-order valence-corrected chi connectivity index (χ1v) is 9.29. The molecular weight excluding hydrogens is 330 g/mol.